The van der Waals surface area contributed by atoms with E-state index in [1.54, 1.807) is 24.3 Å². The fourth-order valence-corrected chi connectivity index (χ4v) is 3.94. The van der Waals surface area contributed by atoms with Crippen molar-refractivity contribution >= 4 is 41.1 Å². The molecule has 0 unspecified atom stereocenters. The summed E-state index contributed by atoms with van der Waals surface area (Å²) in [5.74, 6) is -2.46. The molecule has 17 nitrogen and oxygen atoms in total. The van der Waals surface area contributed by atoms with Crippen molar-refractivity contribution in [3.63, 3.8) is 0 Å². The topological polar surface area (TPSA) is 220 Å². The van der Waals surface area contributed by atoms with Gasteiger partial charge in [0.05, 0.1) is 52.9 Å². The maximum atomic E-state index is 12.4. The van der Waals surface area contributed by atoms with Gasteiger partial charge in [-0.2, -0.15) is 0 Å². The third kappa shape index (κ3) is 19.1. The summed E-state index contributed by atoms with van der Waals surface area (Å²) >= 11 is 0. The van der Waals surface area contributed by atoms with Crippen LogP contribution in [0, 0.1) is 0 Å². The number of hydrogen-bond donors (Lipinski definition) is 5. The Kier molecular flexibility index (Phi) is 23.3. The predicted octanol–water partition coefficient (Wildman–Crippen LogP) is 1.52. The molecule has 1 aliphatic heterocycles. The molecule has 0 aliphatic carbocycles. The molecule has 0 saturated carbocycles. The van der Waals surface area contributed by atoms with E-state index in [0.717, 1.165) is 4.90 Å². The fourth-order valence-electron chi connectivity index (χ4n) is 3.94. The van der Waals surface area contributed by atoms with E-state index in [9.17, 15) is 28.8 Å². The molecule has 5 N–H and O–H groups in total. The van der Waals surface area contributed by atoms with Crippen LogP contribution in [0.15, 0.2) is 36.4 Å². The summed E-state index contributed by atoms with van der Waals surface area (Å²) in [4.78, 5) is 76.7. The summed E-state index contributed by atoms with van der Waals surface area (Å²) in [7, 11) is 0. The van der Waals surface area contributed by atoms with Crippen LogP contribution in [0.4, 0.5) is 5.69 Å². The van der Waals surface area contributed by atoms with Crippen molar-refractivity contribution in [2.75, 3.05) is 71.3 Å². The maximum Gasteiger partial charge on any atom is 0.253 e. The second kappa shape index (κ2) is 26.6. The number of imide groups is 1. The first-order chi connectivity index (χ1) is 24.1. The van der Waals surface area contributed by atoms with Gasteiger partial charge in [0.2, 0.25) is 23.6 Å². The highest BCUT2D eigenvalue weighted by Gasteiger charge is 2.23. The molecule has 1 aromatic rings. The van der Waals surface area contributed by atoms with Crippen molar-refractivity contribution in [2.24, 2.45) is 0 Å². The van der Waals surface area contributed by atoms with Crippen LogP contribution in [0.1, 0.15) is 51.8 Å². The van der Waals surface area contributed by atoms with Gasteiger partial charge in [0.25, 0.3) is 11.8 Å². The monoisotopic (exact) mass is 717 g/mol. The molecule has 1 heterocycles. The van der Waals surface area contributed by atoms with Gasteiger partial charge >= 0.3 is 0 Å². The fraction of sp³-hybridized carbons (Fsp3) is 0.576. The predicted molar refractivity (Wildman–Crippen MR) is 189 cm³/mol. The normalized spacial score (nSPS) is 13.3. The Hall–Kier alpha value is -4.26. The largest absolute Gasteiger partial charge is 0.379 e. The molecule has 2 rings (SSSR count). The molecular weight excluding hydrogens is 658 g/mol. The van der Waals surface area contributed by atoms with Gasteiger partial charge in [-0.3, -0.25) is 38.9 Å². The minimum atomic E-state index is -0.865. The number of amides is 6. The van der Waals surface area contributed by atoms with Crippen LogP contribution in [-0.2, 0) is 59.2 Å². The molecule has 0 saturated heterocycles. The standard InChI is InChI=1S/C31H45N5O12.C2H6.4H2/c1-22(30(41)34-23(2)31(42)35-25-5-3-24(4-6-25)21-48-43)33-27(38)10-13-44-15-17-46-19-20-47-18-16-45-14-11-32-26(37)9-12-36-28(39)7-8-29(36)40;1-2;;;;/h3-8,22-23,43H,9-21H2,1-2H3,(H,32,37)(H,33,38)(H,34,41)(H,35,42);1-2H3;4*1H/t22-,23-;;;;;/m1...../s1. The van der Waals surface area contributed by atoms with E-state index in [-0.39, 0.29) is 63.3 Å². The molecule has 50 heavy (non-hydrogen) atoms. The summed E-state index contributed by atoms with van der Waals surface area (Å²) < 4.78 is 21.6. The van der Waals surface area contributed by atoms with Gasteiger partial charge in [0.15, 0.2) is 0 Å². The van der Waals surface area contributed by atoms with Crippen molar-refractivity contribution in [2.45, 2.75) is 59.2 Å². The lowest BCUT2D eigenvalue weighted by atomic mass is 10.2. The van der Waals surface area contributed by atoms with Crippen molar-refractivity contribution in [3.05, 3.63) is 42.0 Å². The smallest absolute Gasteiger partial charge is 0.253 e. The molecule has 0 radical (unpaired) electrons. The van der Waals surface area contributed by atoms with E-state index in [4.69, 9.17) is 24.2 Å². The van der Waals surface area contributed by atoms with E-state index in [0.29, 0.717) is 50.8 Å². The zero-order valence-corrected chi connectivity index (χ0v) is 29.2. The van der Waals surface area contributed by atoms with Crippen LogP contribution in [0.2, 0.25) is 0 Å². The van der Waals surface area contributed by atoms with Crippen molar-refractivity contribution in [1.29, 1.82) is 0 Å². The van der Waals surface area contributed by atoms with Crippen molar-refractivity contribution < 1.29 is 63.6 Å². The van der Waals surface area contributed by atoms with Crippen molar-refractivity contribution in [3.8, 4) is 0 Å². The third-order valence-corrected chi connectivity index (χ3v) is 6.60. The molecule has 1 aromatic carbocycles. The van der Waals surface area contributed by atoms with Crippen LogP contribution < -0.4 is 21.3 Å². The van der Waals surface area contributed by atoms with Crippen LogP contribution in [0.5, 0.6) is 0 Å². The number of benzene rings is 1. The summed E-state index contributed by atoms with van der Waals surface area (Å²) in [6, 6.07) is 4.89. The van der Waals surface area contributed by atoms with Gasteiger partial charge in [0, 0.05) is 49.5 Å². The number of ether oxygens (including phenoxy) is 4. The average molecular weight is 718 g/mol. The lowest BCUT2D eigenvalue weighted by molar-refractivity contribution is -0.253. The number of nitrogens with zero attached hydrogens (tertiary/aromatic N) is 1. The summed E-state index contributed by atoms with van der Waals surface area (Å²) in [6.45, 7) is 9.73. The highest BCUT2D eigenvalue weighted by atomic mass is 17.1. The minimum Gasteiger partial charge on any atom is -0.379 e. The average Bonchev–Trinajstić information content (AvgIpc) is 3.43. The van der Waals surface area contributed by atoms with Gasteiger partial charge in [-0.05, 0) is 31.5 Å². The van der Waals surface area contributed by atoms with Crippen LogP contribution in [-0.4, -0.2) is 124 Å². The first kappa shape index (κ1) is 43.8. The summed E-state index contributed by atoms with van der Waals surface area (Å²) in [6.07, 6.45) is 2.41. The number of carbonyl (C=O) groups is 6. The number of nitrogens with one attached hydrogen (secondary N) is 4. The SMILES string of the molecule is CC.C[C@@H](NC(=O)CCOCCOCCOCCOCCNC(=O)CCN1C(=O)C=CC1=O)C(=O)N[C@H](C)C(=O)Nc1ccc(COO)cc1.[HH].[HH].[HH].[HH]. The van der Waals surface area contributed by atoms with Crippen LogP contribution in [0.25, 0.3) is 0 Å². The van der Waals surface area contributed by atoms with Crippen LogP contribution in [0.3, 0.4) is 0 Å². The molecule has 288 valence electrons. The minimum absolute atomic E-state index is 0. The van der Waals surface area contributed by atoms with E-state index in [2.05, 4.69) is 26.2 Å². The number of anilines is 1. The molecule has 2 atom stereocenters. The zero-order chi connectivity index (χ0) is 37.1. The summed E-state index contributed by atoms with van der Waals surface area (Å²) in [5.41, 5.74) is 1.22. The lowest BCUT2D eigenvalue weighted by Crippen LogP contribution is -2.50. The Labute approximate surface area is 298 Å². The number of rotatable bonds is 25. The maximum absolute atomic E-state index is 12.4. The van der Waals surface area contributed by atoms with Gasteiger partial charge < -0.3 is 40.2 Å². The first-order valence-corrected chi connectivity index (χ1v) is 16.5. The van der Waals surface area contributed by atoms with Gasteiger partial charge in [0.1, 0.15) is 18.7 Å². The molecule has 0 spiro atoms. The molecule has 0 bridgehead atoms. The first-order valence-electron chi connectivity index (χ1n) is 16.5. The molecular formula is C33H59N5O12. The Morgan fingerprint density at radius 3 is 1.80 bits per heavy atom. The van der Waals surface area contributed by atoms with Gasteiger partial charge in [-0.15, -0.1) is 0 Å². The highest BCUT2D eigenvalue weighted by Crippen LogP contribution is 2.10. The Balaban J connectivity index is -0.00000205. The molecule has 0 aromatic heterocycles. The summed E-state index contributed by atoms with van der Waals surface area (Å²) in [5, 5.41) is 18.9. The van der Waals surface area contributed by atoms with Gasteiger partial charge in [-0.25, -0.2) is 4.89 Å². The Morgan fingerprint density at radius 1 is 0.720 bits per heavy atom. The Bertz CT molecular complexity index is 1230. The quantitative estimate of drug-likeness (QED) is 0.0421. The molecule has 17 heteroatoms. The second-order valence-corrected chi connectivity index (χ2v) is 10.4. The van der Waals surface area contributed by atoms with Crippen LogP contribution >= 0.6 is 0 Å². The number of carbonyl (C=O) groups excluding carboxylic acids is 6. The van der Waals surface area contributed by atoms with E-state index in [1.807, 2.05) is 13.8 Å². The number of hydrogen-bond acceptors (Lipinski definition) is 12. The molecule has 0 fully saturated rings. The van der Waals surface area contributed by atoms with Crippen molar-refractivity contribution in [1.82, 2.24) is 20.9 Å². The lowest BCUT2D eigenvalue weighted by Gasteiger charge is -2.18. The molecule has 6 amide bonds. The third-order valence-electron chi connectivity index (χ3n) is 6.60. The molecule has 1 aliphatic rings. The van der Waals surface area contributed by atoms with E-state index in [1.165, 1.54) is 26.0 Å². The van der Waals surface area contributed by atoms with E-state index >= 15 is 0 Å². The zero-order valence-electron chi connectivity index (χ0n) is 29.2. The highest BCUT2D eigenvalue weighted by molar-refractivity contribution is 6.13. The van der Waals surface area contributed by atoms with E-state index < -0.39 is 35.7 Å². The Morgan fingerprint density at radius 2 is 1.24 bits per heavy atom. The second-order valence-electron chi connectivity index (χ2n) is 10.4. The van der Waals surface area contributed by atoms with Gasteiger partial charge in [-0.1, -0.05) is 26.0 Å².